The van der Waals surface area contributed by atoms with Crippen LogP contribution < -0.4 is 5.32 Å². The summed E-state index contributed by atoms with van der Waals surface area (Å²) in [7, 11) is 0. The number of para-hydroxylation sites is 1. The molecule has 1 saturated carbocycles. The molecule has 0 radical (unpaired) electrons. The van der Waals surface area contributed by atoms with Gasteiger partial charge in [0, 0.05) is 29.3 Å². The monoisotopic (exact) mass is 491 g/mol. The molecule has 1 aliphatic carbocycles. The van der Waals surface area contributed by atoms with E-state index in [1.807, 2.05) is 48.0 Å². The largest absolute Gasteiger partial charge is 0.374 e. The maximum Gasteiger partial charge on any atom is 0.159 e. The van der Waals surface area contributed by atoms with Crippen LogP contribution in [-0.2, 0) is 0 Å². The number of aromatic amines is 2. The molecule has 184 valence electrons. The van der Waals surface area contributed by atoms with Crippen molar-refractivity contribution in [2.24, 2.45) is 5.92 Å². The molecule has 0 amide bonds. The summed E-state index contributed by atoms with van der Waals surface area (Å²) in [6.07, 6.45) is 11.8. The fourth-order valence-electron chi connectivity index (χ4n) is 4.85. The van der Waals surface area contributed by atoms with Crippen LogP contribution in [0.5, 0.6) is 0 Å². The van der Waals surface area contributed by atoms with E-state index in [-0.39, 0.29) is 0 Å². The summed E-state index contributed by atoms with van der Waals surface area (Å²) in [5, 5.41) is 22.1. The average molecular weight is 492 g/mol. The van der Waals surface area contributed by atoms with E-state index >= 15 is 0 Å². The van der Waals surface area contributed by atoms with Crippen LogP contribution in [0, 0.1) is 12.8 Å². The lowest BCUT2D eigenvalue weighted by molar-refractivity contribution is 0.0851. The Bertz CT molecular complexity index is 1740. The minimum absolute atomic E-state index is 0.300. The van der Waals surface area contributed by atoms with Crippen LogP contribution in [0.15, 0.2) is 61.4 Å². The molecule has 1 unspecified atom stereocenters. The van der Waals surface area contributed by atoms with Gasteiger partial charge in [-0.15, -0.1) is 0 Å². The van der Waals surface area contributed by atoms with Gasteiger partial charge in [-0.05, 0) is 44.0 Å². The Labute approximate surface area is 211 Å². The number of aryl methyl sites for hydroxylation is 1. The van der Waals surface area contributed by atoms with Gasteiger partial charge >= 0.3 is 0 Å². The topological polar surface area (TPSA) is 133 Å². The highest BCUT2D eigenvalue weighted by molar-refractivity contribution is 5.95. The van der Waals surface area contributed by atoms with Crippen molar-refractivity contribution in [1.82, 2.24) is 39.7 Å². The first-order valence-electron chi connectivity index (χ1n) is 12.4. The van der Waals surface area contributed by atoms with Crippen molar-refractivity contribution in [3.05, 3.63) is 67.1 Å². The highest BCUT2D eigenvalue weighted by Gasteiger charge is 2.25. The van der Waals surface area contributed by atoms with E-state index in [9.17, 15) is 5.11 Å². The van der Waals surface area contributed by atoms with Crippen molar-refractivity contribution in [1.29, 1.82) is 0 Å². The van der Waals surface area contributed by atoms with E-state index in [0.717, 1.165) is 63.1 Å². The van der Waals surface area contributed by atoms with Crippen LogP contribution in [0.4, 0.5) is 5.69 Å². The van der Waals surface area contributed by atoms with Crippen LogP contribution in [0.25, 0.3) is 50.4 Å². The molecule has 0 bridgehead atoms. The number of H-pyrrole nitrogens is 2. The molecule has 0 spiro atoms. The molecule has 10 nitrogen and oxygen atoms in total. The van der Waals surface area contributed by atoms with Gasteiger partial charge in [-0.3, -0.25) is 15.1 Å². The molecule has 1 fully saturated rings. The lowest BCUT2D eigenvalue weighted by atomic mass is 9.84. The quantitative estimate of drug-likeness (QED) is 0.251. The number of benzene rings is 1. The number of hydrogen-bond acceptors (Lipinski definition) is 7. The number of fused-ring (bicyclic) bond motifs is 2. The molecule has 4 N–H and O–H groups in total. The van der Waals surface area contributed by atoms with Gasteiger partial charge in [0.1, 0.15) is 17.4 Å². The van der Waals surface area contributed by atoms with Crippen LogP contribution in [0.2, 0.25) is 0 Å². The number of hydrogen-bond donors (Lipinski definition) is 4. The Morgan fingerprint density at radius 2 is 2.03 bits per heavy atom. The van der Waals surface area contributed by atoms with E-state index in [2.05, 4.69) is 35.5 Å². The van der Waals surface area contributed by atoms with E-state index in [1.165, 1.54) is 6.42 Å². The normalized spacial score (nSPS) is 14.8. The summed E-state index contributed by atoms with van der Waals surface area (Å²) < 4.78 is 1.98. The van der Waals surface area contributed by atoms with Crippen molar-refractivity contribution in [3.8, 4) is 28.5 Å². The van der Waals surface area contributed by atoms with E-state index in [1.54, 1.807) is 24.9 Å². The molecule has 7 rings (SSSR count). The Morgan fingerprint density at radius 3 is 2.84 bits per heavy atom. The van der Waals surface area contributed by atoms with Crippen LogP contribution in [0.3, 0.4) is 0 Å². The van der Waals surface area contributed by atoms with Gasteiger partial charge in [-0.25, -0.2) is 9.97 Å². The minimum Gasteiger partial charge on any atom is -0.374 e. The zero-order valence-electron chi connectivity index (χ0n) is 20.2. The Balaban J connectivity index is 1.26. The number of aliphatic hydroxyl groups is 1. The Morgan fingerprint density at radius 1 is 1.11 bits per heavy atom. The molecular weight excluding hydrogens is 466 g/mol. The van der Waals surface area contributed by atoms with Gasteiger partial charge in [0.15, 0.2) is 5.82 Å². The van der Waals surface area contributed by atoms with Crippen molar-refractivity contribution in [3.63, 3.8) is 0 Å². The molecule has 37 heavy (non-hydrogen) atoms. The van der Waals surface area contributed by atoms with Gasteiger partial charge in [0.2, 0.25) is 0 Å². The van der Waals surface area contributed by atoms with Crippen molar-refractivity contribution in [2.45, 2.75) is 32.4 Å². The third-order valence-electron chi connectivity index (χ3n) is 7.10. The van der Waals surface area contributed by atoms with Gasteiger partial charge in [0.05, 0.1) is 52.5 Å². The third kappa shape index (κ3) is 3.82. The molecule has 0 saturated heterocycles. The number of pyridine rings is 2. The van der Waals surface area contributed by atoms with Crippen molar-refractivity contribution in [2.75, 3.05) is 5.32 Å². The first kappa shape index (κ1) is 21.7. The molecule has 10 heteroatoms. The van der Waals surface area contributed by atoms with E-state index < -0.39 is 6.23 Å². The van der Waals surface area contributed by atoms with Gasteiger partial charge in [0.25, 0.3) is 0 Å². The Kier molecular flexibility index (Phi) is 5.00. The molecule has 6 aromatic rings. The van der Waals surface area contributed by atoms with Crippen molar-refractivity contribution >= 4 is 27.6 Å². The SMILES string of the molecule is Cc1cn(-c2cccc3[nH]c(-c4n[nH]c5cnc(-c6cncc(NC(O)C7CCC7)c6)cc45)nc23)cn1. The van der Waals surface area contributed by atoms with Crippen LogP contribution >= 0.6 is 0 Å². The number of nitrogens with one attached hydrogen (secondary N) is 3. The highest BCUT2D eigenvalue weighted by atomic mass is 16.3. The highest BCUT2D eigenvalue weighted by Crippen LogP contribution is 2.32. The van der Waals surface area contributed by atoms with E-state index in [4.69, 9.17) is 4.98 Å². The smallest absolute Gasteiger partial charge is 0.159 e. The van der Waals surface area contributed by atoms with Crippen molar-refractivity contribution < 1.29 is 5.11 Å². The zero-order chi connectivity index (χ0) is 24.9. The lowest BCUT2D eigenvalue weighted by Gasteiger charge is -2.31. The van der Waals surface area contributed by atoms with Crippen LogP contribution in [-0.4, -0.2) is 51.0 Å². The predicted molar refractivity (Wildman–Crippen MR) is 141 cm³/mol. The molecule has 1 atom stereocenters. The fraction of sp³-hybridized carbons (Fsp3) is 0.222. The zero-order valence-corrected chi connectivity index (χ0v) is 20.2. The number of nitrogens with zero attached hydrogens (tertiary/aromatic N) is 6. The number of anilines is 1. The van der Waals surface area contributed by atoms with E-state index in [0.29, 0.717) is 17.4 Å². The number of rotatable bonds is 6. The second kappa shape index (κ2) is 8.52. The molecular formula is C27H25N9O. The van der Waals surface area contributed by atoms with Gasteiger partial charge < -0.3 is 20.0 Å². The number of aliphatic hydroxyl groups excluding tert-OH is 1. The predicted octanol–water partition coefficient (Wildman–Crippen LogP) is 4.59. The Hall–Kier alpha value is -4.57. The summed E-state index contributed by atoms with van der Waals surface area (Å²) >= 11 is 0. The first-order valence-corrected chi connectivity index (χ1v) is 12.4. The standard InChI is InChI=1S/C27H25N9O/c1-15-13-36(14-30-15)23-7-3-6-20-25(23)33-26(32-20)24-19-9-21(29-12-22(19)34-35-24)17-8-18(11-28-10-17)31-27(37)16-4-2-5-16/h3,6-14,16,27,31,37H,2,4-5H2,1H3,(H,32,33)(H,34,35). The lowest BCUT2D eigenvalue weighted by Crippen LogP contribution is -2.33. The minimum atomic E-state index is -0.564. The third-order valence-corrected chi connectivity index (χ3v) is 7.10. The maximum atomic E-state index is 10.4. The summed E-state index contributed by atoms with van der Waals surface area (Å²) in [6, 6.07) is 9.97. The summed E-state index contributed by atoms with van der Waals surface area (Å²) in [5.74, 6) is 0.966. The number of aromatic nitrogens is 8. The average Bonchev–Trinajstić information content (AvgIpc) is 3.60. The fourth-order valence-corrected chi connectivity index (χ4v) is 4.85. The van der Waals surface area contributed by atoms with Gasteiger partial charge in [-0.1, -0.05) is 12.5 Å². The second-order valence-electron chi connectivity index (χ2n) is 9.61. The maximum absolute atomic E-state index is 10.4. The molecule has 1 aliphatic rings. The van der Waals surface area contributed by atoms with Gasteiger partial charge in [-0.2, -0.15) is 5.10 Å². The molecule has 1 aromatic carbocycles. The molecule has 5 aromatic heterocycles. The first-order chi connectivity index (χ1) is 18.1. The summed E-state index contributed by atoms with van der Waals surface area (Å²) in [6.45, 7) is 1.96. The summed E-state index contributed by atoms with van der Waals surface area (Å²) in [5.41, 5.74) is 7.55. The summed E-state index contributed by atoms with van der Waals surface area (Å²) in [4.78, 5) is 21.7. The van der Waals surface area contributed by atoms with Crippen LogP contribution in [0.1, 0.15) is 25.0 Å². The molecule has 0 aliphatic heterocycles. The molecule has 5 heterocycles. The second-order valence-corrected chi connectivity index (χ2v) is 9.61. The number of imidazole rings is 2.